The van der Waals surface area contributed by atoms with E-state index in [2.05, 4.69) is 4.90 Å². The van der Waals surface area contributed by atoms with Crippen molar-refractivity contribution in [2.75, 3.05) is 57.5 Å². The first-order chi connectivity index (χ1) is 11.0. The van der Waals surface area contributed by atoms with Gasteiger partial charge in [-0.3, -0.25) is 9.69 Å². The van der Waals surface area contributed by atoms with Gasteiger partial charge in [0.1, 0.15) is 0 Å². The minimum atomic E-state index is -3.01. The summed E-state index contributed by atoms with van der Waals surface area (Å²) in [6, 6.07) is -0.197. The zero-order valence-corrected chi connectivity index (χ0v) is 14.3. The molecule has 2 unspecified atom stereocenters. The zero-order chi connectivity index (χ0) is 16.3. The first kappa shape index (κ1) is 17.1. The molecule has 23 heavy (non-hydrogen) atoms. The van der Waals surface area contributed by atoms with Gasteiger partial charge in [0, 0.05) is 32.3 Å². The molecule has 3 aliphatic rings. The summed E-state index contributed by atoms with van der Waals surface area (Å²) < 4.78 is 34.6. The van der Waals surface area contributed by atoms with Crippen LogP contribution in [0.3, 0.4) is 0 Å². The maximum absolute atomic E-state index is 12.8. The highest BCUT2D eigenvalue weighted by atomic mass is 32.2. The Balaban J connectivity index is 1.64. The van der Waals surface area contributed by atoms with Crippen molar-refractivity contribution in [2.45, 2.75) is 31.4 Å². The second kappa shape index (κ2) is 7.46. The topological polar surface area (TPSA) is 76.2 Å². The van der Waals surface area contributed by atoms with E-state index in [0.29, 0.717) is 32.7 Å². The standard InChI is InChI=1S/C15H26N2O5S/c18-15(11-16-4-7-21-8-5-16)17(10-14-2-1-6-22-14)13-3-9-23(19,20)12-13/h13-14H,1-12H2. The van der Waals surface area contributed by atoms with Gasteiger partial charge in [-0.25, -0.2) is 8.42 Å². The number of carbonyl (C=O) groups excluding carboxylic acids is 1. The van der Waals surface area contributed by atoms with Crippen LogP contribution in [0.25, 0.3) is 0 Å². The summed E-state index contributed by atoms with van der Waals surface area (Å²) in [5.41, 5.74) is 0. The SMILES string of the molecule is O=C(CN1CCOCC1)N(CC1CCCO1)C1CCS(=O)(=O)C1. The average molecular weight is 346 g/mol. The van der Waals surface area contributed by atoms with Gasteiger partial charge in [-0.2, -0.15) is 0 Å². The molecule has 0 spiro atoms. The van der Waals surface area contributed by atoms with E-state index in [-0.39, 0.29) is 29.6 Å². The molecule has 3 heterocycles. The second-order valence-corrected chi connectivity index (χ2v) is 8.86. The summed E-state index contributed by atoms with van der Waals surface area (Å²) in [7, 11) is -3.01. The Morgan fingerprint density at radius 2 is 1.96 bits per heavy atom. The quantitative estimate of drug-likeness (QED) is 0.669. The Morgan fingerprint density at radius 3 is 2.57 bits per heavy atom. The number of rotatable bonds is 5. The van der Waals surface area contributed by atoms with Crippen molar-refractivity contribution in [3.05, 3.63) is 0 Å². The molecule has 0 radical (unpaired) electrons. The minimum absolute atomic E-state index is 0.0181. The zero-order valence-electron chi connectivity index (χ0n) is 13.5. The fourth-order valence-corrected chi connectivity index (χ4v) is 5.26. The van der Waals surface area contributed by atoms with Crippen LogP contribution in [0.5, 0.6) is 0 Å². The number of carbonyl (C=O) groups is 1. The van der Waals surface area contributed by atoms with Crippen molar-refractivity contribution in [2.24, 2.45) is 0 Å². The fourth-order valence-electron chi connectivity index (χ4n) is 3.52. The minimum Gasteiger partial charge on any atom is -0.379 e. The van der Waals surface area contributed by atoms with E-state index in [1.54, 1.807) is 4.90 Å². The van der Waals surface area contributed by atoms with Gasteiger partial charge >= 0.3 is 0 Å². The van der Waals surface area contributed by atoms with Crippen molar-refractivity contribution in [1.29, 1.82) is 0 Å². The van der Waals surface area contributed by atoms with E-state index in [4.69, 9.17) is 9.47 Å². The highest BCUT2D eigenvalue weighted by molar-refractivity contribution is 7.91. The number of hydrogen-bond donors (Lipinski definition) is 0. The van der Waals surface area contributed by atoms with Gasteiger partial charge in [0.15, 0.2) is 9.84 Å². The Labute approximate surface area is 137 Å². The molecular formula is C15H26N2O5S. The van der Waals surface area contributed by atoms with Gasteiger partial charge in [-0.05, 0) is 19.3 Å². The first-order valence-corrected chi connectivity index (χ1v) is 10.3. The number of nitrogens with zero attached hydrogens (tertiary/aromatic N) is 2. The third-order valence-corrected chi connectivity index (χ3v) is 6.61. The number of sulfone groups is 1. The number of amides is 1. The molecule has 0 saturated carbocycles. The van der Waals surface area contributed by atoms with Crippen molar-refractivity contribution < 1.29 is 22.7 Å². The van der Waals surface area contributed by atoms with E-state index >= 15 is 0 Å². The molecule has 1 amide bonds. The maximum Gasteiger partial charge on any atom is 0.237 e. The third kappa shape index (κ3) is 4.65. The average Bonchev–Trinajstić information content (AvgIpc) is 3.15. The molecule has 3 fully saturated rings. The van der Waals surface area contributed by atoms with Crippen LogP contribution in [-0.2, 0) is 24.1 Å². The van der Waals surface area contributed by atoms with E-state index in [9.17, 15) is 13.2 Å². The molecule has 132 valence electrons. The molecule has 0 aromatic carbocycles. The number of hydrogen-bond acceptors (Lipinski definition) is 6. The highest BCUT2D eigenvalue weighted by Crippen LogP contribution is 2.21. The molecule has 7 nitrogen and oxygen atoms in total. The van der Waals surface area contributed by atoms with Crippen LogP contribution in [-0.4, -0.2) is 93.8 Å². The Bertz CT molecular complexity index is 512. The lowest BCUT2D eigenvalue weighted by Crippen LogP contribution is -2.50. The second-order valence-electron chi connectivity index (χ2n) is 6.63. The van der Waals surface area contributed by atoms with Crippen LogP contribution in [0.1, 0.15) is 19.3 Å². The van der Waals surface area contributed by atoms with Gasteiger partial charge in [-0.1, -0.05) is 0 Å². The number of morpholine rings is 1. The summed E-state index contributed by atoms with van der Waals surface area (Å²) in [6.45, 7) is 4.40. The third-order valence-electron chi connectivity index (χ3n) is 4.86. The Kier molecular flexibility index (Phi) is 5.56. The monoisotopic (exact) mass is 346 g/mol. The molecule has 8 heteroatoms. The lowest BCUT2D eigenvalue weighted by molar-refractivity contribution is -0.137. The Morgan fingerprint density at radius 1 is 1.17 bits per heavy atom. The Hall–Kier alpha value is -0.700. The molecule has 2 atom stereocenters. The molecule has 0 aliphatic carbocycles. The van der Waals surface area contributed by atoms with Crippen LogP contribution >= 0.6 is 0 Å². The summed E-state index contributed by atoms with van der Waals surface area (Å²) in [5, 5.41) is 0. The van der Waals surface area contributed by atoms with E-state index in [1.807, 2.05) is 0 Å². The van der Waals surface area contributed by atoms with Crippen molar-refractivity contribution in [3.8, 4) is 0 Å². The van der Waals surface area contributed by atoms with Crippen LogP contribution in [0.4, 0.5) is 0 Å². The largest absolute Gasteiger partial charge is 0.379 e. The van der Waals surface area contributed by atoms with Gasteiger partial charge in [0.25, 0.3) is 0 Å². The van der Waals surface area contributed by atoms with Gasteiger partial charge < -0.3 is 14.4 Å². The molecule has 0 aromatic rings. The van der Waals surface area contributed by atoms with Gasteiger partial charge in [0.2, 0.25) is 5.91 Å². The molecule has 3 aliphatic heterocycles. The summed E-state index contributed by atoms with van der Waals surface area (Å²) in [4.78, 5) is 16.6. The summed E-state index contributed by atoms with van der Waals surface area (Å²) in [5.74, 6) is 0.295. The normalized spacial score (nSPS) is 31.3. The molecule has 0 bridgehead atoms. The van der Waals surface area contributed by atoms with Crippen molar-refractivity contribution >= 4 is 15.7 Å². The summed E-state index contributed by atoms with van der Waals surface area (Å²) >= 11 is 0. The van der Waals surface area contributed by atoms with E-state index in [0.717, 1.165) is 32.5 Å². The lowest BCUT2D eigenvalue weighted by atomic mass is 10.1. The smallest absolute Gasteiger partial charge is 0.237 e. The predicted molar refractivity (Wildman–Crippen MR) is 85.0 cm³/mol. The first-order valence-electron chi connectivity index (χ1n) is 8.45. The van der Waals surface area contributed by atoms with E-state index in [1.165, 1.54) is 0 Å². The van der Waals surface area contributed by atoms with Gasteiger partial charge in [-0.15, -0.1) is 0 Å². The molecule has 3 saturated heterocycles. The maximum atomic E-state index is 12.8. The number of ether oxygens (including phenoxy) is 2. The molecule has 3 rings (SSSR count). The summed E-state index contributed by atoms with van der Waals surface area (Å²) in [6.07, 6.45) is 2.55. The van der Waals surface area contributed by atoms with Crippen LogP contribution in [0.15, 0.2) is 0 Å². The van der Waals surface area contributed by atoms with Crippen LogP contribution in [0, 0.1) is 0 Å². The molecule has 0 N–H and O–H groups in total. The van der Waals surface area contributed by atoms with E-state index < -0.39 is 9.84 Å². The predicted octanol–water partition coefficient (Wildman–Crippen LogP) is -0.487. The fraction of sp³-hybridized carbons (Fsp3) is 0.933. The highest BCUT2D eigenvalue weighted by Gasteiger charge is 2.36. The van der Waals surface area contributed by atoms with Crippen LogP contribution < -0.4 is 0 Å². The van der Waals surface area contributed by atoms with Gasteiger partial charge in [0.05, 0.1) is 37.4 Å². The molecule has 0 aromatic heterocycles. The molecular weight excluding hydrogens is 320 g/mol. The van der Waals surface area contributed by atoms with Crippen molar-refractivity contribution in [1.82, 2.24) is 9.80 Å². The van der Waals surface area contributed by atoms with Crippen molar-refractivity contribution in [3.63, 3.8) is 0 Å². The lowest BCUT2D eigenvalue weighted by Gasteiger charge is -2.33. The van der Waals surface area contributed by atoms with Crippen LogP contribution in [0.2, 0.25) is 0 Å².